The molecule has 60 heavy (non-hydrogen) atoms. The molecule has 2 aromatic heterocycles. The Hall–Kier alpha value is -5.06. The maximum Gasteiger partial charge on any atom is 0.222 e. The number of nitrogens with zero attached hydrogens (tertiary/aromatic N) is 8. The molecule has 2 heterocycles. The van der Waals surface area contributed by atoms with E-state index < -0.39 is 0 Å². The Bertz CT molecular complexity index is 1610. The molecule has 0 saturated carbocycles. The minimum absolute atomic E-state index is 0.0931. The number of rotatable bonds is 33. The Morgan fingerprint density at radius 2 is 0.633 bits per heavy atom. The molecule has 0 aliphatic rings. The molecule has 0 atom stereocenters. The zero-order valence-electron chi connectivity index (χ0n) is 34.4. The highest BCUT2D eigenvalue weighted by molar-refractivity contribution is 5.76. The average molecular weight is 837 g/mol. The molecule has 0 bridgehead atoms. The SMILES string of the molecule is Cc1nnc(-c2ccc(CNC(=O)CCOCCOCCOCCOCCOCCOCCOCCOCCC(=O)NCc3ccc(-c4nnc(C)nn4)cc3)cc2)nn1. The monoisotopic (exact) mass is 836 g/mol. The van der Waals surface area contributed by atoms with Gasteiger partial charge < -0.3 is 48.5 Å². The molecule has 0 aliphatic heterocycles. The number of benzene rings is 2. The number of amides is 2. The van der Waals surface area contributed by atoms with Gasteiger partial charge in [0, 0.05) is 37.1 Å². The highest BCUT2D eigenvalue weighted by atomic mass is 16.6. The van der Waals surface area contributed by atoms with E-state index in [1.54, 1.807) is 13.8 Å². The molecule has 20 heteroatoms. The van der Waals surface area contributed by atoms with Crippen molar-refractivity contribution in [2.24, 2.45) is 0 Å². The van der Waals surface area contributed by atoms with Crippen LogP contribution in [0.25, 0.3) is 22.8 Å². The predicted molar refractivity (Wildman–Crippen MR) is 215 cm³/mol. The average Bonchev–Trinajstić information content (AvgIpc) is 3.27. The summed E-state index contributed by atoms with van der Waals surface area (Å²) in [6.45, 7) is 11.1. The van der Waals surface area contributed by atoms with Crippen LogP contribution in [0.5, 0.6) is 0 Å². The van der Waals surface area contributed by atoms with Crippen LogP contribution in [0.1, 0.15) is 35.6 Å². The van der Waals surface area contributed by atoms with Crippen molar-refractivity contribution in [1.82, 2.24) is 51.4 Å². The van der Waals surface area contributed by atoms with Gasteiger partial charge in [-0.2, -0.15) is 0 Å². The lowest BCUT2D eigenvalue weighted by Gasteiger charge is -2.09. The fraction of sp³-hybridized carbons (Fsp3) is 0.550. The first-order chi connectivity index (χ1) is 29.5. The van der Waals surface area contributed by atoms with Crippen molar-refractivity contribution >= 4 is 11.8 Å². The van der Waals surface area contributed by atoms with Gasteiger partial charge in [-0.25, -0.2) is 0 Å². The van der Waals surface area contributed by atoms with E-state index in [9.17, 15) is 9.59 Å². The third-order valence-electron chi connectivity index (χ3n) is 8.11. The summed E-state index contributed by atoms with van der Waals surface area (Å²) in [5.41, 5.74) is 3.52. The van der Waals surface area contributed by atoms with Crippen molar-refractivity contribution in [2.45, 2.75) is 39.8 Å². The summed E-state index contributed by atoms with van der Waals surface area (Å²) in [7, 11) is 0. The number of ether oxygens (including phenoxy) is 8. The van der Waals surface area contributed by atoms with Crippen molar-refractivity contribution in [2.75, 3.05) is 106 Å². The molecule has 326 valence electrons. The quantitative estimate of drug-likeness (QED) is 0.0649. The molecule has 4 rings (SSSR count). The Labute approximate surface area is 349 Å². The van der Waals surface area contributed by atoms with E-state index in [2.05, 4.69) is 51.4 Å². The summed E-state index contributed by atoms with van der Waals surface area (Å²) in [6, 6.07) is 15.1. The second-order valence-electron chi connectivity index (χ2n) is 12.9. The van der Waals surface area contributed by atoms with E-state index in [0.29, 0.717) is 142 Å². The van der Waals surface area contributed by atoms with E-state index in [4.69, 9.17) is 37.9 Å². The second-order valence-corrected chi connectivity index (χ2v) is 12.9. The lowest BCUT2D eigenvalue weighted by Crippen LogP contribution is -2.24. The van der Waals surface area contributed by atoms with Crippen LogP contribution in [0.15, 0.2) is 48.5 Å². The van der Waals surface area contributed by atoms with Crippen LogP contribution >= 0.6 is 0 Å². The number of hydrogen-bond acceptors (Lipinski definition) is 18. The van der Waals surface area contributed by atoms with E-state index >= 15 is 0 Å². The van der Waals surface area contributed by atoms with Crippen LogP contribution in [0, 0.1) is 13.8 Å². The summed E-state index contributed by atoms with van der Waals surface area (Å²) < 4.78 is 44.0. The molecule has 20 nitrogen and oxygen atoms in total. The van der Waals surface area contributed by atoms with E-state index in [0.717, 1.165) is 22.3 Å². The third-order valence-corrected chi connectivity index (χ3v) is 8.11. The van der Waals surface area contributed by atoms with Gasteiger partial charge in [-0.05, 0) is 25.0 Å². The Kier molecular flexibility index (Phi) is 23.8. The van der Waals surface area contributed by atoms with Crippen LogP contribution in [-0.4, -0.2) is 158 Å². The van der Waals surface area contributed by atoms with E-state index in [1.165, 1.54) is 0 Å². The molecule has 2 aromatic carbocycles. The minimum Gasteiger partial charge on any atom is -0.379 e. The predicted octanol–water partition coefficient (Wildman–Crippen LogP) is 1.64. The molecule has 0 radical (unpaired) electrons. The van der Waals surface area contributed by atoms with Gasteiger partial charge >= 0.3 is 0 Å². The summed E-state index contributed by atoms with van der Waals surface area (Å²) >= 11 is 0. The zero-order chi connectivity index (χ0) is 42.3. The maximum atomic E-state index is 12.1. The molecular weight excluding hydrogens is 780 g/mol. The standard InChI is InChI=1S/C40H56N10O10/c1-31-43-47-39(48-44-31)35-7-3-33(4-8-35)29-41-37(51)11-13-53-15-17-55-19-21-57-23-25-59-27-28-60-26-24-58-22-20-56-18-16-54-14-12-38(52)42-30-34-5-9-36(10-6-34)40-49-45-32(2)46-50-40/h3-10H,11-30H2,1-2H3,(H,41,51)(H,42,52). The smallest absolute Gasteiger partial charge is 0.222 e. The van der Waals surface area contributed by atoms with Crippen molar-refractivity contribution in [1.29, 1.82) is 0 Å². The number of hydrogen-bond donors (Lipinski definition) is 2. The molecule has 0 aliphatic carbocycles. The number of aryl methyl sites for hydroxylation is 2. The normalized spacial score (nSPS) is 11.2. The third kappa shape index (κ3) is 21.3. The summed E-state index contributed by atoms with van der Waals surface area (Å²) in [6.07, 6.45) is 0.524. The van der Waals surface area contributed by atoms with Crippen molar-refractivity contribution in [3.63, 3.8) is 0 Å². The first kappa shape index (κ1) is 47.6. The summed E-state index contributed by atoms with van der Waals surface area (Å²) in [4.78, 5) is 24.2. The molecule has 2 N–H and O–H groups in total. The maximum absolute atomic E-state index is 12.1. The van der Waals surface area contributed by atoms with Gasteiger partial charge in [0.05, 0.1) is 106 Å². The zero-order valence-corrected chi connectivity index (χ0v) is 34.4. The van der Waals surface area contributed by atoms with Crippen molar-refractivity contribution in [3.05, 3.63) is 71.3 Å². The Balaban J connectivity index is 0.804. The van der Waals surface area contributed by atoms with Crippen LogP contribution in [0.3, 0.4) is 0 Å². The number of carbonyl (C=O) groups excluding carboxylic acids is 2. The molecule has 0 unspecified atom stereocenters. The van der Waals surface area contributed by atoms with E-state index in [-0.39, 0.29) is 24.7 Å². The topological polar surface area (TPSA) is 235 Å². The van der Waals surface area contributed by atoms with Gasteiger partial charge in [0.15, 0.2) is 11.6 Å². The van der Waals surface area contributed by atoms with Crippen molar-refractivity contribution < 1.29 is 47.5 Å². The first-order valence-corrected chi connectivity index (χ1v) is 19.9. The highest BCUT2D eigenvalue weighted by Crippen LogP contribution is 2.15. The lowest BCUT2D eigenvalue weighted by molar-refractivity contribution is -0.123. The Morgan fingerprint density at radius 3 is 0.900 bits per heavy atom. The number of carbonyl (C=O) groups is 2. The summed E-state index contributed by atoms with van der Waals surface area (Å²) in [5, 5.41) is 37.5. The minimum atomic E-state index is -0.0931. The molecule has 2 amide bonds. The first-order valence-electron chi connectivity index (χ1n) is 19.9. The fourth-order valence-electron chi connectivity index (χ4n) is 4.88. The van der Waals surface area contributed by atoms with Gasteiger partial charge in [-0.3, -0.25) is 9.59 Å². The molecule has 4 aromatic rings. The molecule has 0 fully saturated rings. The molecule has 0 spiro atoms. The van der Waals surface area contributed by atoms with Crippen LogP contribution in [0.2, 0.25) is 0 Å². The Morgan fingerprint density at radius 1 is 0.383 bits per heavy atom. The lowest BCUT2D eigenvalue weighted by atomic mass is 10.1. The van der Waals surface area contributed by atoms with Crippen LogP contribution < -0.4 is 10.6 Å². The van der Waals surface area contributed by atoms with Crippen molar-refractivity contribution in [3.8, 4) is 22.8 Å². The number of aromatic nitrogens is 8. The molecule has 0 saturated heterocycles. The largest absolute Gasteiger partial charge is 0.379 e. The second kappa shape index (κ2) is 30.0. The van der Waals surface area contributed by atoms with Gasteiger partial charge in [-0.15, -0.1) is 40.8 Å². The summed E-state index contributed by atoms with van der Waals surface area (Å²) in [5.74, 6) is 1.75. The van der Waals surface area contributed by atoms with Gasteiger partial charge in [0.2, 0.25) is 23.5 Å². The van der Waals surface area contributed by atoms with Crippen LogP contribution in [-0.2, 0) is 60.6 Å². The highest BCUT2D eigenvalue weighted by Gasteiger charge is 2.07. The van der Waals surface area contributed by atoms with Crippen LogP contribution in [0.4, 0.5) is 0 Å². The van der Waals surface area contributed by atoms with Gasteiger partial charge in [0.1, 0.15) is 0 Å². The van der Waals surface area contributed by atoms with Gasteiger partial charge in [0.25, 0.3) is 0 Å². The fourth-order valence-corrected chi connectivity index (χ4v) is 4.88. The van der Waals surface area contributed by atoms with E-state index in [1.807, 2.05) is 48.5 Å². The molecular formula is C40H56N10O10. The number of nitrogens with one attached hydrogen (secondary N) is 2. The van der Waals surface area contributed by atoms with Gasteiger partial charge in [-0.1, -0.05) is 48.5 Å².